The molecule has 2 aromatic carbocycles. The maximum Gasteiger partial charge on any atom is 0.113 e. The van der Waals surface area contributed by atoms with E-state index in [1.807, 2.05) is 22.9 Å². The number of fused-ring (bicyclic) bond motifs is 2. The second kappa shape index (κ2) is 6.24. The summed E-state index contributed by atoms with van der Waals surface area (Å²) in [5, 5.41) is 12.4. The van der Waals surface area contributed by atoms with Crippen molar-refractivity contribution in [1.82, 2.24) is 20.3 Å². The second-order valence-electron chi connectivity index (χ2n) is 7.23. The third-order valence-electron chi connectivity index (χ3n) is 5.66. The first-order valence-electron chi connectivity index (χ1n) is 9.08. The van der Waals surface area contributed by atoms with Crippen molar-refractivity contribution >= 4 is 11.0 Å². The van der Waals surface area contributed by atoms with E-state index in [1.165, 1.54) is 18.4 Å². The van der Waals surface area contributed by atoms with Crippen molar-refractivity contribution in [2.45, 2.75) is 25.4 Å². The Hall–Kier alpha value is -2.24. The van der Waals surface area contributed by atoms with Gasteiger partial charge in [0.15, 0.2) is 0 Å². The highest BCUT2D eigenvalue weighted by atomic mass is 16.5. The number of aromatic nitrogens is 3. The highest BCUT2D eigenvalue weighted by Crippen LogP contribution is 2.36. The minimum Gasteiger partial charge on any atom is -0.381 e. The maximum absolute atomic E-state index is 5.59. The molecule has 2 unspecified atom stereocenters. The van der Waals surface area contributed by atoms with Crippen LogP contribution in [0.5, 0.6) is 0 Å². The molecular formula is C20H22N4O. The van der Waals surface area contributed by atoms with E-state index in [2.05, 4.69) is 46.0 Å². The Balaban J connectivity index is 1.38. The molecule has 5 nitrogen and oxygen atoms in total. The molecule has 3 aromatic rings. The van der Waals surface area contributed by atoms with Crippen LogP contribution < -0.4 is 5.32 Å². The van der Waals surface area contributed by atoms with Crippen molar-refractivity contribution in [2.24, 2.45) is 11.8 Å². The van der Waals surface area contributed by atoms with Gasteiger partial charge in [0.1, 0.15) is 5.52 Å². The van der Waals surface area contributed by atoms with Gasteiger partial charge < -0.3 is 10.1 Å². The molecule has 1 aliphatic heterocycles. The number of nitrogens with one attached hydrogen (secondary N) is 1. The summed E-state index contributed by atoms with van der Waals surface area (Å²) in [4.78, 5) is 0. The van der Waals surface area contributed by atoms with Crippen LogP contribution in [0.15, 0.2) is 48.5 Å². The van der Waals surface area contributed by atoms with Crippen molar-refractivity contribution in [2.75, 3.05) is 13.2 Å². The molecular weight excluding hydrogens is 312 g/mol. The fourth-order valence-electron chi connectivity index (χ4n) is 4.33. The minimum absolute atomic E-state index is 0.597. The van der Waals surface area contributed by atoms with Gasteiger partial charge in [0.05, 0.1) is 11.2 Å². The van der Waals surface area contributed by atoms with Crippen molar-refractivity contribution in [3.8, 4) is 5.69 Å². The van der Waals surface area contributed by atoms with Crippen LogP contribution in [-0.2, 0) is 11.3 Å². The van der Waals surface area contributed by atoms with Gasteiger partial charge in [-0.3, -0.25) is 0 Å². The molecule has 0 radical (unpaired) electrons. The standard InChI is InChI=1S/C20H22N4O/c1-3-7-19(24-20-8-4-2-6-18(20)22-23-24)14(5-1)11-21-17-9-15-12-25-13-16(15)10-17/h1-8,15-17,21H,9-13H2. The number of nitrogens with zero attached hydrogens (tertiary/aromatic N) is 3. The lowest BCUT2D eigenvalue weighted by atomic mass is 10.0. The molecule has 2 heterocycles. The molecule has 128 valence electrons. The zero-order valence-corrected chi connectivity index (χ0v) is 14.1. The van der Waals surface area contributed by atoms with Crippen molar-refractivity contribution in [1.29, 1.82) is 0 Å². The van der Waals surface area contributed by atoms with Gasteiger partial charge in [-0.1, -0.05) is 35.5 Å². The molecule has 0 bridgehead atoms. The van der Waals surface area contributed by atoms with Gasteiger partial charge in [0.2, 0.25) is 0 Å². The Morgan fingerprint density at radius 2 is 1.76 bits per heavy atom. The summed E-state index contributed by atoms with van der Waals surface area (Å²) < 4.78 is 7.53. The van der Waals surface area contributed by atoms with E-state index in [9.17, 15) is 0 Å². The van der Waals surface area contributed by atoms with E-state index in [4.69, 9.17) is 4.74 Å². The van der Waals surface area contributed by atoms with E-state index in [0.29, 0.717) is 6.04 Å². The largest absolute Gasteiger partial charge is 0.381 e. The first kappa shape index (κ1) is 15.0. The molecule has 2 atom stereocenters. The fraction of sp³-hybridized carbons (Fsp3) is 0.400. The normalized spacial score (nSPS) is 25.5. The molecule has 0 amide bonds. The smallest absolute Gasteiger partial charge is 0.113 e. The van der Waals surface area contributed by atoms with Crippen LogP contribution in [-0.4, -0.2) is 34.2 Å². The van der Waals surface area contributed by atoms with Crippen LogP contribution in [0.1, 0.15) is 18.4 Å². The van der Waals surface area contributed by atoms with Gasteiger partial charge in [-0.15, -0.1) is 5.10 Å². The van der Waals surface area contributed by atoms with Gasteiger partial charge in [0.25, 0.3) is 0 Å². The highest BCUT2D eigenvalue weighted by Gasteiger charge is 2.37. The van der Waals surface area contributed by atoms with Crippen LogP contribution in [0, 0.1) is 11.8 Å². The monoisotopic (exact) mass is 334 g/mol. The number of hydrogen-bond donors (Lipinski definition) is 1. The topological polar surface area (TPSA) is 52.0 Å². The SMILES string of the molecule is c1ccc(-n2nnc3ccccc32)c(CNC2CC3COCC3C2)c1. The predicted octanol–water partition coefficient (Wildman–Crippen LogP) is 2.94. The molecule has 5 heteroatoms. The number of benzene rings is 2. The number of ether oxygens (including phenoxy) is 1. The zero-order valence-electron chi connectivity index (χ0n) is 14.1. The van der Waals surface area contributed by atoms with Crippen molar-refractivity contribution in [3.63, 3.8) is 0 Å². The molecule has 1 saturated carbocycles. The van der Waals surface area contributed by atoms with Gasteiger partial charge in [-0.05, 0) is 48.4 Å². The van der Waals surface area contributed by atoms with E-state index in [0.717, 1.165) is 48.3 Å². The van der Waals surface area contributed by atoms with Crippen LogP contribution in [0.3, 0.4) is 0 Å². The lowest BCUT2D eigenvalue weighted by Crippen LogP contribution is -2.27. The molecule has 2 aliphatic rings. The van der Waals surface area contributed by atoms with E-state index < -0.39 is 0 Å². The Morgan fingerprint density at radius 1 is 1.00 bits per heavy atom. The summed E-state index contributed by atoms with van der Waals surface area (Å²) in [6, 6.07) is 17.1. The van der Waals surface area contributed by atoms with Crippen molar-refractivity contribution in [3.05, 3.63) is 54.1 Å². The Morgan fingerprint density at radius 3 is 2.64 bits per heavy atom. The third kappa shape index (κ3) is 2.73. The molecule has 2 fully saturated rings. The first-order chi connectivity index (χ1) is 12.4. The first-order valence-corrected chi connectivity index (χ1v) is 9.08. The summed E-state index contributed by atoms with van der Waals surface area (Å²) in [6.45, 7) is 2.75. The van der Waals surface area contributed by atoms with E-state index >= 15 is 0 Å². The molecule has 25 heavy (non-hydrogen) atoms. The van der Waals surface area contributed by atoms with Crippen LogP contribution in [0.25, 0.3) is 16.7 Å². The van der Waals surface area contributed by atoms with Gasteiger partial charge in [-0.2, -0.15) is 0 Å². The number of rotatable bonds is 4. The predicted molar refractivity (Wildman–Crippen MR) is 96.5 cm³/mol. The van der Waals surface area contributed by atoms with Gasteiger partial charge in [0, 0.05) is 25.8 Å². The minimum atomic E-state index is 0.597. The second-order valence-corrected chi connectivity index (χ2v) is 7.23. The average Bonchev–Trinajstić information content (AvgIpc) is 3.34. The molecule has 1 aliphatic carbocycles. The van der Waals surface area contributed by atoms with Crippen LogP contribution in [0.2, 0.25) is 0 Å². The Kier molecular flexibility index (Phi) is 3.76. The fourth-order valence-corrected chi connectivity index (χ4v) is 4.33. The average molecular weight is 334 g/mol. The molecule has 0 spiro atoms. The summed E-state index contributed by atoms with van der Waals surface area (Å²) in [5.41, 5.74) is 4.33. The quantitative estimate of drug-likeness (QED) is 0.797. The molecule has 1 aromatic heterocycles. The number of para-hydroxylation sites is 2. The van der Waals surface area contributed by atoms with Crippen LogP contribution in [0.4, 0.5) is 0 Å². The van der Waals surface area contributed by atoms with Gasteiger partial charge in [-0.25, -0.2) is 4.68 Å². The highest BCUT2D eigenvalue weighted by molar-refractivity contribution is 5.76. The van der Waals surface area contributed by atoms with Crippen molar-refractivity contribution < 1.29 is 4.74 Å². The summed E-state index contributed by atoms with van der Waals surface area (Å²) in [6.07, 6.45) is 2.47. The Bertz CT molecular complexity index is 878. The lowest BCUT2D eigenvalue weighted by molar-refractivity contribution is 0.169. The van der Waals surface area contributed by atoms with Gasteiger partial charge >= 0.3 is 0 Å². The lowest BCUT2D eigenvalue weighted by Gasteiger charge is -2.16. The number of hydrogen-bond acceptors (Lipinski definition) is 4. The van der Waals surface area contributed by atoms with Crippen LogP contribution >= 0.6 is 0 Å². The molecule has 1 saturated heterocycles. The maximum atomic E-state index is 5.59. The molecule has 5 rings (SSSR count). The van der Waals surface area contributed by atoms with E-state index in [-0.39, 0.29) is 0 Å². The Labute approximate surface area is 147 Å². The summed E-state index contributed by atoms with van der Waals surface area (Å²) >= 11 is 0. The summed E-state index contributed by atoms with van der Waals surface area (Å²) in [7, 11) is 0. The van der Waals surface area contributed by atoms with E-state index in [1.54, 1.807) is 0 Å². The molecule has 1 N–H and O–H groups in total. The zero-order chi connectivity index (χ0) is 16.6. The summed E-state index contributed by atoms with van der Waals surface area (Å²) in [5.74, 6) is 1.51. The third-order valence-corrected chi connectivity index (χ3v) is 5.66.